The highest BCUT2D eigenvalue weighted by molar-refractivity contribution is 5.98. The van der Waals surface area contributed by atoms with Crippen molar-refractivity contribution >= 4 is 11.8 Å². The summed E-state index contributed by atoms with van der Waals surface area (Å²) in [5.41, 5.74) is 2.36. The molecule has 2 aromatic rings. The van der Waals surface area contributed by atoms with E-state index < -0.39 is 18.1 Å². The van der Waals surface area contributed by atoms with Gasteiger partial charge < -0.3 is 15.7 Å². The molecule has 2 rings (SSSR count). The minimum atomic E-state index is -0.995. The SMILES string of the molecule is CC(C)CCNC(=O)[C@@H](NC(=O)c1cccc(-c2ccccc2)c1)[C@@H](C)O. The molecule has 0 saturated heterocycles. The molecular weight excluding hydrogens is 340 g/mol. The first kappa shape index (κ1) is 20.6. The molecule has 0 fully saturated rings. The molecule has 3 N–H and O–H groups in total. The van der Waals surface area contributed by atoms with Gasteiger partial charge in [0.05, 0.1) is 6.10 Å². The average Bonchev–Trinajstić information content (AvgIpc) is 2.66. The third-order valence-corrected chi connectivity index (χ3v) is 4.30. The highest BCUT2D eigenvalue weighted by atomic mass is 16.3. The summed E-state index contributed by atoms with van der Waals surface area (Å²) in [6.45, 7) is 6.14. The molecule has 0 aromatic heterocycles. The Labute approximate surface area is 160 Å². The fourth-order valence-corrected chi connectivity index (χ4v) is 2.69. The number of benzene rings is 2. The second-order valence-corrected chi connectivity index (χ2v) is 7.11. The van der Waals surface area contributed by atoms with E-state index in [9.17, 15) is 14.7 Å². The van der Waals surface area contributed by atoms with Gasteiger partial charge in [0.1, 0.15) is 6.04 Å². The van der Waals surface area contributed by atoms with Gasteiger partial charge in [-0.3, -0.25) is 9.59 Å². The number of nitrogens with one attached hydrogen (secondary N) is 2. The Kier molecular flexibility index (Phi) is 7.55. The maximum atomic E-state index is 12.6. The second-order valence-electron chi connectivity index (χ2n) is 7.11. The molecule has 0 spiro atoms. The molecule has 5 heteroatoms. The number of rotatable bonds is 8. The van der Waals surface area contributed by atoms with Gasteiger partial charge >= 0.3 is 0 Å². The average molecular weight is 368 g/mol. The van der Waals surface area contributed by atoms with Crippen LogP contribution in [0.25, 0.3) is 11.1 Å². The predicted octanol–water partition coefficient (Wildman–Crippen LogP) is 3.00. The van der Waals surface area contributed by atoms with Crippen molar-refractivity contribution in [2.75, 3.05) is 6.54 Å². The van der Waals surface area contributed by atoms with Gasteiger partial charge in [0.2, 0.25) is 5.91 Å². The number of aliphatic hydroxyl groups is 1. The fraction of sp³-hybridized carbons (Fsp3) is 0.364. The van der Waals surface area contributed by atoms with Gasteiger partial charge in [-0.05, 0) is 42.5 Å². The Morgan fingerprint density at radius 2 is 1.63 bits per heavy atom. The van der Waals surface area contributed by atoms with Crippen molar-refractivity contribution < 1.29 is 14.7 Å². The third kappa shape index (κ3) is 6.22. The highest BCUT2D eigenvalue weighted by Crippen LogP contribution is 2.20. The van der Waals surface area contributed by atoms with Crippen molar-refractivity contribution in [2.45, 2.75) is 39.3 Å². The Morgan fingerprint density at radius 3 is 2.26 bits per heavy atom. The first-order valence-electron chi connectivity index (χ1n) is 9.30. The van der Waals surface area contributed by atoms with Crippen LogP contribution in [0.3, 0.4) is 0 Å². The van der Waals surface area contributed by atoms with Crippen LogP contribution in [0, 0.1) is 5.92 Å². The molecule has 0 aliphatic heterocycles. The van der Waals surface area contributed by atoms with Gasteiger partial charge in [-0.25, -0.2) is 0 Å². The molecule has 0 heterocycles. The maximum Gasteiger partial charge on any atom is 0.252 e. The van der Waals surface area contributed by atoms with Gasteiger partial charge in [-0.2, -0.15) is 0 Å². The lowest BCUT2D eigenvalue weighted by molar-refractivity contribution is -0.125. The first-order chi connectivity index (χ1) is 12.9. The molecule has 27 heavy (non-hydrogen) atoms. The minimum Gasteiger partial charge on any atom is -0.391 e. The van der Waals surface area contributed by atoms with Crippen LogP contribution in [-0.2, 0) is 4.79 Å². The van der Waals surface area contributed by atoms with Crippen molar-refractivity contribution in [2.24, 2.45) is 5.92 Å². The number of hydrogen-bond donors (Lipinski definition) is 3. The molecule has 0 aliphatic carbocycles. The quantitative estimate of drug-likeness (QED) is 0.670. The molecule has 0 saturated carbocycles. The number of hydrogen-bond acceptors (Lipinski definition) is 3. The smallest absolute Gasteiger partial charge is 0.252 e. The van der Waals surface area contributed by atoms with E-state index in [4.69, 9.17) is 0 Å². The van der Waals surface area contributed by atoms with Gasteiger partial charge in [0.25, 0.3) is 5.91 Å². The molecule has 5 nitrogen and oxygen atoms in total. The van der Waals surface area contributed by atoms with E-state index in [1.165, 1.54) is 6.92 Å². The van der Waals surface area contributed by atoms with E-state index in [0.29, 0.717) is 18.0 Å². The lowest BCUT2D eigenvalue weighted by atomic mass is 10.0. The summed E-state index contributed by atoms with van der Waals surface area (Å²) in [6.07, 6.45) is -0.156. The van der Waals surface area contributed by atoms with Crippen LogP contribution >= 0.6 is 0 Å². The van der Waals surface area contributed by atoms with Crippen LogP contribution in [0.15, 0.2) is 54.6 Å². The maximum absolute atomic E-state index is 12.6. The number of amides is 2. The Hall–Kier alpha value is -2.66. The van der Waals surface area contributed by atoms with E-state index in [2.05, 4.69) is 24.5 Å². The van der Waals surface area contributed by atoms with Crippen LogP contribution in [0.1, 0.15) is 37.6 Å². The second kappa shape index (κ2) is 9.88. The molecule has 0 aliphatic rings. The minimum absolute atomic E-state index is 0.377. The van der Waals surface area contributed by atoms with Crippen molar-refractivity contribution in [1.82, 2.24) is 10.6 Å². The van der Waals surface area contributed by atoms with Crippen molar-refractivity contribution in [3.63, 3.8) is 0 Å². The summed E-state index contributed by atoms with van der Waals surface area (Å²) in [5, 5.41) is 15.4. The molecular formula is C22H28N2O3. The topological polar surface area (TPSA) is 78.4 Å². The largest absolute Gasteiger partial charge is 0.391 e. The molecule has 0 bridgehead atoms. The van der Waals surface area contributed by atoms with Crippen molar-refractivity contribution in [3.05, 3.63) is 60.2 Å². The molecule has 0 radical (unpaired) electrons. The van der Waals surface area contributed by atoms with E-state index in [-0.39, 0.29) is 5.91 Å². The van der Waals surface area contributed by atoms with Gasteiger partial charge in [0.15, 0.2) is 0 Å². The summed E-state index contributed by atoms with van der Waals surface area (Å²) < 4.78 is 0. The Bertz CT molecular complexity index is 757. The number of carbonyl (C=O) groups excluding carboxylic acids is 2. The van der Waals surface area contributed by atoms with Gasteiger partial charge in [0, 0.05) is 12.1 Å². The molecule has 0 unspecified atom stereocenters. The Balaban J connectivity index is 2.08. The standard InChI is InChI=1S/C22H28N2O3/c1-15(2)12-13-23-22(27)20(16(3)25)24-21(26)19-11-7-10-18(14-19)17-8-5-4-6-9-17/h4-11,14-16,20,25H,12-13H2,1-3H3,(H,23,27)(H,24,26)/t16-,20+/m1/s1. The van der Waals surface area contributed by atoms with E-state index in [0.717, 1.165) is 17.5 Å². The summed E-state index contributed by atoms with van der Waals surface area (Å²) in [5.74, 6) is -0.304. The summed E-state index contributed by atoms with van der Waals surface area (Å²) >= 11 is 0. The lowest BCUT2D eigenvalue weighted by Crippen LogP contribution is -2.52. The Morgan fingerprint density at radius 1 is 0.963 bits per heavy atom. The van der Waals surface area contributed by atoms with E-state index >= 15 is 0 Å². The first-order valence-corrected chi connectivity index (χ1v) is 9.30. The molecule has 2 amide bonds. The third-order valence-electron chi connectivity index (χ3n) is 4.30. The molecule has 2 atom stereocenters. The van der Waals surface area contributed by atoms with Crippen molar-refractivity contribution in [3.8, 4) is 11.1 Å². The summed E-state index contributed by atoms with van der Waals surface area (Å²) in [4.78, 5) is 25.0. The summed E-state index contributed by atoms with van der Waals surface area (Å²) in [7, 11) is 0. The van der Waals surface area contributed by atoms with Crippen LogP contribution in [0.5, 0.6) is 0 Å². The molecule has 144 valence electrons. The zero-order valence-electron chi connectivity index (χ0n) is 16.1. The van der Waals surface area contributed by atoms with E-state index in [1.807, 2.05) is 36.4 Å². The van der Waals surface area contributed by atoms with Crippen LogP contribution in [-0.4, -0.2) is 35.6 Å². The summed E-state index contributed by atoms with van der Waals surface area (Å²) in [6, 6.07) is 16.0. The fourth-order valence-electron chi connectivity index (χ4n) is 2.69. The zero-order valence-corrected chi connectivity index (χ0v) is 16.1. The van der Waals surface area contributed by atoms with Crippen molar-refractivity contribution in [1.29, 1.82) is 0 Å². The number of carbonyl (C=O) groups is 2. The van der Waals surface area contributed by atoms with Gasteiger partial charge in [-0.15, -0.1) is 0 Å². The zero-order chi connectivity index (χ0) is 19.8. The monoisotopic (exact) mass is 368 g/mol. The highest BCUT2D eigenvalue weighted by Gasteiger charge is 2.25. The van der Waals surface area contributed by atoms with Crippen LogP contribution in [0.2, 0.25) is 0 Å². The normalized spacial score (nSPS) is 13.1. The number of aliphatic hydroxyl groups excluding tert-OH is 1. The van der Waals surface area contributed by atoms with Crippen LogP contribution < -0.4 is 10.6 Å². The van der Waals surface area contributed by atoms with E-state index in [1.54, 1.807) is 18.2 Å². The predicted molar refractivity (Wildman–Crippen MR) is 107 cm³/mol. The van der Waals surface area contributed by atoms with Crippen LogP contribution in [0.4, 0.5) is 0 Å². The lowest BCUT2D eigenvalue weighted by Gasteiger charge is -2.21. The van der Waals surface area contributed by atoms with Gasteiger partial charge in [-0.1, -0.05) is 56.3 Å². The molecule has 2 aromatic carbocycles.